The van der Waals surface area contributed by atoms with Crippen LogP contribution in [0.3, 0.4) is 0 Å². The summed E-state index contributed by atoms with van der Waals surface area (Å²) in [6.07, 6.45) is 1.75. The van der Waals surface area contributed by atoms with Crippen LogP contribution < -0.4 is 10.1 Å². The Balaban J connectivity index is 1.68. The van der Waals surface area contributed by atoms with Crippen LogP contribution in [0.4, 0.5) is 0 Å². The van der Waals surface area contributed by atoms with Gasteiger partial charge in [-0.05, 0) is 65.4 Å². The highest BCUT2D eigenvalue weighted by Gasteiger charge is 2.25. The summed E-state index contributed by atoms with van der Waals surface area (Å²) in [7, 11) is 0. The summed E-state index contributed by atoms with van der Waals surface area (Å²) in [4.78, 5) is 34.7. The molecule has 6 nitrogen and oxygen atoms in total. The largest absolute Gasteiger partial charge is 0.481 e. The second-order valence-electron chi connectivity index (χ2n) is 8.30. The van der Waals surface area contributed by atoms with E-state index in [0.717, 1.165) is 43.4 Å². The zero-order valence-electron chi connectivity index (χ0n) is 18.5. The number of aryl methyl sites for hydroxylation is 1. The van der Waals surface area contributed by atoms with Crippen molar-refractivity contribution in [3.8, 4) is 33.8 Å². The van der Waals surface area contributed by atoms with E-state index in [1.165, 1.54) is 0 Å². The summed E-state index contributed by atoms with van der Waals surface area (Å²) in [5.41, 5.74) is 4.99. The smallest absolute Gasteiger partial charge is 0.303 e. The van der Waals surface area contributed by atoms with Gasteiger partial charge in [-0.2, -0.15) is 0 Å². The number of ether oxygens (including phenoxy) is 1. The lowest BCUT2D eigenvalue weighted by atomic mass is 9.87. The molecule has 0 atom stereocenters. The topological polar surface area (TPSA) is 92.7 Å². The van der Waals surface area contributed by atoms with Crippen molar-refractivity contribution in [1.82, 2.24) is 5.32 Å². The fourth-order valence-corrected chi connectivity index (χ4v) is 4.91. The summed E-state index contributed by atoms with van der Waals surface area (Å²) in [5, 5.41) is 12.6. The predicted octanol–water partition coefficient (Wildman–Crippen LogP) is 6.34. The van der Waals surface area contributed by atoms with E-state index in [-0.39, 0.29) is 6.42 Å². The Morgan fingerprint density at radius 2 is 1.63 bits per heavy atom. The van der Waals surface area contributed by atoms with E-state index in [1.54, 1.807) is 6.07 Å². The van der Waals surface area contributed by atoms with Crippen LogP contribution >= 0.6 is 15.9 Å². The van der Waals surface area contributed by atoms with Gasteiger partial charge in [0, 0.05) is 32.8 Å². The first-order chi connectivity index (χ1) is 17.0. The average Bonchev–Trinajstić information content (AvgIpc) is 2.85. The monoisotopic (exact) mass is 529 g/mol. The number of carboxylic acid groups (broad SMARTS) is 1. The fourth-order valence-electron chi connectivity index (χ4n) is 4.55. The van der Waals surface area contributed by atoms with E-state index >= 15 is 0 Å². The van der Waals surface area contributed by atoms with Gasteiger partial charge in [0.25, 0.3) is 5.91 Å². The SMILES string of the molecule is O=CNC(=O)c1ccc2c3c(ccc(-c4ccc(CCCC(=O)O)cc4)c13)Oc1ccc(Br)cc1-2. The van der Waals surface area contributed by atoms with Crippen LogP contribution in [0.25, 0.3) is 33.0 Å². The molecule has 1 aliphatic rings. The third-order valence-corrected chi connectivity index (χ3v) is 6.62. The first kappa shape index (κ1) is 22.8. The Bertz CT molecular complexity index is 1490. The number of hydrogen-bond acceptors (Lipinski definition) is 4. The molecule has 0 aliphatic carbocycles. The lowest BCUT2D eigenvalue weighted by Gasteiger charge is -2.24. The second-order valence-corrected chi connectivity index (χ2v) is 9.22. The van der Waals surface area contributed by atoms with Crippen molar-refractivity contribution >= 4 is 45.0 Å². The minimum Gasteiger partial charge on any atom is -0.481 e. The van der Waals surface area contributed by atoms with E-state index < -0.39 is 11.9 Å². The highest BCUT2D eigenvalue weighted by Crippen LogP contribution is 2.50. The molecule has 0 fully saturated rings. The van der Waals surface area contributed by atoms with Crippen molar-refractivity contribution in [2.24, 2.45) is 0 Å². The van der Waals surface area contributed by atoms with Crippen molar-refractivity contribution < 1.29 is 24.2 Å². The van der Waals surface area contributed by atoms with Gasteiger partial charge < -0.3 is 9.84 Å². The summed E-state index contributed by atoms with van der Waals surface area (Å²) in [5.74, 6) is 0.0721. The molecule has 35 heavy (non-hydrogen) atoms. The fraction of sp³-hybridized carbons (Fsp3) is 0.107. The van der Waals surface area contributed by atoms with Crippen molar-refractivity contribution in [3.63, 3.8) is 0 Å². The molecule has 0 unspecified atom stereocenters. The number of fused-ring (bicyclic) bond motifs is 2. The lowest BCUT2D eigenvalue weighted by molar-refractivity contribution is -0.137. The van der Waals surface area contributed by atoms with Gasteiger partial charge in [0.15, 0.2) is 0 Å². The van der Waals surface area contributed by atoms with Crippen LogP contribution in [0, 0.1) is 0 Å². The number of carbonyl (C=O) groups excluding carboxylic acids is 2. The third-order valence-electron chi connectivity index (χ3n) is 6.13. The van der Waals surface area contributed by atoms with E-state index in [0.29, 0.717) is 36.0 Å². The van der Waals surface area contributed by atoms with Crippen LogP contribution in [0.15, 0.2) is 71.2 Å². The van der Waals surface area contributed by atoms with Gasteiger partial charge >= 0.3 is 5.97 Å². The Morgan fingerprint density at radius 3 is 2.37 bits per heavy atom. The van der Waals surface area contributed by atoms with Gasteiger partial charge in [-0.25, -0.2) is 0 Å². The number of benzene rings is 4. The van der Waals surface area contributed by atoms with Gasteiger partial charge in [0.2, 0.25) is 6.41 Å². The molecule has 2 N–H and O–H groups in total. The maximum Gasteiger partial charge on any atom is 0.303 e. The van der Waals surface area contributed by atoms with Crippen molar-refractivity contribution in [1.29, 1.82) is 0 Å². The van der Waals surface area contributed by atoms with Crippen LogP contribution in [0.5, 0.6) is 11.5 Å². The number of carbonyl (C=O) groups is 3. The van der Waals surface area contributed by atoms with Crippen molar-refractivity contribution in [2.45, 2.75) is 19.3 Å². The van der Waals surface area contributed by atoms with Gasteiger partial charge in [0.1, 0.15) is 11.5 Å². The summed E-state index contributed by atoms with van der Waals surface area (Å²) in [6, 6.07) is 21.1. The number of hydrogen-bond donors (Lipinski definition) is 2. The number of halogens is 1. The summed E-state index contributed by atoms with van der Waals surface area (Å²) < 4.78 is 7.11. The molecule has 2 amide bonds. The Labute approximate surface area is 209 Å². The number of imide groups is 1. The molecule has 0 saturated carbocycles. The maximum atomic E-state index is 12.9. The molecule has 5 rings (SSSR count). The highest BCUT2D eigenvalue weighted by molar-refractivity contribution is 9.10. The average molecular weight is 530 g/mol. The van der Waals surface area contributed by atoms with E-state index in [2.05, 4.69) is 21.2 Å². The van der Waals surface area contributed by atoms with Crippen LogP contribution in [-0.4, -0.2) is 23.4 Å². The molecule has 1 aliphatic heterocycles. The summed E-state index contributed by atoms with van der Waals surface area (Å²) >= 11 is 3.53. The minimum atomic E-state index is -0.803. The highest BCUT2D eigenvalue weighted by atomic mass is 79.9. The van der Waals surface area contributed by atoms with Crippen LogP contribution in [-0.2, 0) is 16.0 Å². The number of aliphatic carboxylic acids is 1. The first-order valence-corrected chi connectivity index (χ1v) is 11.9. The Morgan fingerprint density at radius 1 is 0.886 bits per heavy atom. The minimum absolute atomic E-state index is 0.128. The van der Waals surface area contributed by atoms with E-state index in [4.69, 9.17) is 9.84 Å². The Hall–Kier alpha value is -3.97. The van der Waals surface area contributed by atoms with Gasteiger partial charge in [0.05, 0.1) is 0 Å². The lowest BCUT2D eigenvalue weighted by Crippen LogP contribution is -2.21. The number of nitrogens with one attached hydrogen (secondary N) is 1. The van der Waals surface area contributed by atoms with Crippen LogP contribution in [0.2, 0.25) is 0 Å². The second kappa shape index (κ2) is 9.35. The molecule has 0 aromatic heterocycles. The molecule has 0 bridgehead atoms. The van der Waals surface area contributed by atoms with E-state index in [1.807, 2.05) is 60.7 Å². The van der Waals surface area contributed by atoms with Crippen molar-refractivity contribution in [3.05, 3.63) is 82.3 Å². The molecule has 0 spiro atoms. The molecular weight excluding hydrogens is 510 g/mol. The first-order valence-electron chi connectivity index (χ1n) is 11.1. The molecule has 174 valence electrons. The molecule has 4 aromatic carbocycles. The quantitative estimate of drug-likeness (QED) is 0.240. The number of rotatable bonds is 7. The number of amides is 2. The Kier molecular flexibility index (Phi) is 6.09. The standard InChI is InChI=1S/C28H20BrNO5/c29-18-8-12-23-22(14-18)20-9-10-21(28(34)30-15-31)26-19(11-13-24(35-23)27(20)26)17-6-4-16(5-7-17)2-1-3-25(32)33/h4-15H,1-3H2,(H,32,33)(H,30,31,34). The van der Waals surface area contributed by atoms with Crippen molar-refractivity contribution in [2.75, 3.05) is 0 Å². The molecule has 0 radical (unpaired) electrons. The normalized spacial score (nSPS) is 11.5. The van der Waals surface area contributed by atoms with Gasteiger partial charge in [-0.15, -0.1) is 0 Å². The predicted molar refractivity (Wildman–Crippen MR) is 137 cm³/mol. The molecule has 4 aromatic rings. The molecule has 0 saturated heterocycles. The third kappa shape index (κ3) is 4.31. The molecular formula is C28H20BrNO5. The van der Waals surface area contributed by atoms with Crippen LogP contribution in [0.1, 0.15) is 28.8 Å². The van der Waals surface area contributed by atoms with E-state index in [9.17, 15) is 14.4 Å². The molecule has 1 heterocycles. The van der Waals surface area contributed by atoms with Gasteiger partial charge in [-0.3, -0.25) is 19.7 Å². The summed E-state index contributed by atoms with van der Waals surface area (Å²) in [6.45, 7) is 0. The number of carboxylic acids is 1. The maximum absolute atomic E-state index is 12.9. The molecule has 7 heteroatoms. The zero-order chi connectivity index (χ0) is 24.5. The zero-order valence-corrected chi connectivity index (χ0v) is 20.1. The van der Waals surface area contributed by atoms with Gasteiger partial charge in [-0.1, -0.05) is 52.3 Å².